The molecule has 1 aliphatic heterocycles. The van der Waals surface area contributed by atoms with Crippen molar-refractivity contribution >= 4 is 41.0 Å². The van der Waals surface area contributed by atoms with Crippen molar-refractivity contribution in [1.82, 2.24) is 5.32 Å². The van der Waals surface area contributed by atoms with Crippen LogP contribution in [0, 0.1) is 0 Å². The Morgan fingerprint density at radius 1 is 1.05 bits per heavy atom. The predicted molar refractivity (Wildman–Crippen MR) is 142 cm³/mol. The lowest BCUT2D eigenvalue weighted by Gasteiger charge is -2.27. The smallest absolute Gasteiger partial charge is 0.370 e. The average molecular weight is 526 g/mol. The molecule has 4 rings (SSSR count). The molecule has 192 valence electrons. The summed E-state index contributed by atoms with van der Waals surface area (Å²) in [5, 5.41) is 2.94. The van der Waals surface area contributed by atoms with Crippen LogP contribution < -0.4 is 15.1 Å². The number of hydrogen-bond acceptors (Lipinski definition) is 4. The number of amides is 2. The van der Waals surface area contributed by atoms with Gasteiger partial charge in [-0.05, 0) is 61.0 Å². The molecule has 1 heterocycles. The molecule has 0 atom stereocenters. The Kier molecular flexibility index (Phi) is 7.92. The van der Waals surface area contributed by atoms with Crippen LogP contribution in [0.25, 0.3) is 6.08 Å². The summed E-state index contributed by atoms with van der Waals surface area (Å²) in [6.07, 6.45) is -2.85. The van der Waals surface area contributed by atoms with Gasteiger partial charge in [0.25, 0.3) is 11.8 Å². The monoisotopic (exact) mass is 525 g/mol. The Morgan fingerprint density at radius 2 is 1.76 bits per heavy atom. The van der Waals surface area contributed by atoms with Gasteiger partial charge >= 0.3 is 6.18 Å². The molecular weight excluding hydrogens is 499 g/mol. The normalized spacial score (nSPS) is 14.5. The molecule has 0 aliphatic carbocycles. The van der Waals surface area contributed by atoms with Crippen LogP contribution in [0.1, 0.15) is 28.4 Å². The van der Waals surface area contributed by atoms with Crippen LogP contribution >= 0.6 is 11.8 Å². The minimum absolute atomic E-state index is 0.233. The number of carbonyl (C=O) groups excluding carboxylic acids is 2. The fourth-order valence-corrected chi connectivity index (χ4v) is 5.06. The van der Waals surface area contributed by atoms with Gasteiger partial charge in [0, 0.05) is 42.8 Å². The number of fused-ring (bicyclic) bond motifs is 1. The van der Waals surface area contributed by atoms with Gasteiger partial charge in [-0.3, -0.25) is 9.59 Å². The number of nitrogens with zero attached hydrogens (tertiary/aromatic N) is 2. The fraction of sp³-hybridized carbons (Fsp3) is 0.214. The first kappa shape index (κ1) is 26.3. The molecule has 3 aromatic carbocycles. The number of rotatable bonds is 7. The summed E-state index contributed by atoms with van der Waals surface area (Å²) in [6.45, 7) is 3.99. The number of anilines is 2. The summed E-state index contributed by atoms with van der Waals surface area (Å²) >= 11 is 1.23. The molecule has 2 amide bonds. The quantitative estimate of drug-likeness (QED) is 0.381. The molecule has 0 unspecified atom stereocenters. The average Bonchev–Trinajstić information content (AvgIpc) is 2.89. The first-order valence-electron chi connectivity index (χ1n) is 11.7. The van der Waals surface area contributed by atoms with Crippen molar-refractivity contribution in [3.63, 3.8) is 0 Å². The number of hydrogen-bond donors (Lipinski definition) is 1. The maximum atomic E-state index is 13.0. The summed E-state index contributed by atoms with van der Waals surface area (Å²) in [5.41, 5.74) is 1.88. The summed E-state index contributed by atoms with van der Waals surface area (Å²) in [5.74, 6) is -0.528. The zero-order valence-electron chi connectivity index (χ0n) is 20.4. The van der Waals surface area contributed by atoms with Gasteiger partial charge in [-0.2, -0.15) is 13.2 Å². The molecule has 0 saturated carbocycles. The second kappa shape index (κ2) is 11.1. The van der Waals surface area contributed by atoms with Crippen LogP contribution in [0.3, 0.4) is 0 Å². The summed E-state index contributed by atoms with van der Waals surface area (Å²) in [4.78, 5) is 30.5. The number of likely N-dealkylation sites (N-methyl/N-ethyl adjacent to an activating group) is 2. The van der Waals surface area contributed by atoms with E-state index in [1.807, 2.05) is 30.3 Å². The van der Waals surface area contributed by atoms with Crippen LogP contribution in [0.5, 0.6) is 0 Å². The third-order valence-electron chi connectivity index (χ3n) is 6.02. The van der Waals surface area contributed by atoms with Gasteiger partial charge in [-0.1, -0.05) is 42.1 Å². The SMILES string of the molecule is CCN(CCNC(=O)c1ccc2c(c1)N(C)C(=O)C(=Cc1ccc(C(F)(F)F)cc1)S2)c1ccccc1. The topological polar surface area (TPSA) is 52.7 Å². The minimum Gasteiger partial charge on any atom is -0.370 e. The molecule has 0 saturated heterocycles. The number of halogens is 3. The fourth-order valence-electron chi connectivity index (χ4n) is 3.97. The highest BCUT2D eigenvalue weighted by Gasteiger charge is 2.30. The van der Waals surface area contributed by atoms with E-state index in [1.54, 1.807) is 31.3 Å². The zero-order chi connectivity index (χ0) is 26.6. The second-order valence-corrected chi connectivity index (χ2v) is 9.53. The van der Waals surface area contributed by atoms with Crippen molar-refractivity contribution in [2.45, 2.75) is 18.0 Å². The number of alkyl halides is 3. The lowest BCUT2D eigenvalue weighted by atomic mass is 10.1. The van der Waals surface area contributed by atoms with Crippen molar-refractivity contribution < 1.29 is 22.8 Å². The van der Waals surface area contributed by atoms with E-state index in [2.05, 4.69) is 17.1 Å². The van der Waals surface area contributed by atoms with Crippen LogP contribution in [0.4, 0.5) is 24.5 Å². The first-order valence-corrected chi connectivity index (χ1v) is 12.6. The number of nitrogens with one attached hydrogen (secondary N) is 1. The number of benzene rings is 3. The predicted octanol–water partition coefficient (Wildman–Crippen LogP) is 6.07. The van der Waals surface area contributed by atoms with Gasteiger partial charge in [0.2, 0.25) is 0 Å². The van der Waals surface area contributed by atoms with Crippen LogP contribution in [-0.4, -0.2) is 38.5 Å². The lowest BCUT2D eigenvalue weighted by molar-refractivity contribution is -0.137. The van der Waals surface area contributed by atoms with Crippen molar-refractivity contribution in [3.05, 3.63) is 94.4 Å². The third kappa shape index (κ3) is 6.17. The van der Waals surface area contributed by atoms with Crippen molar-refractivity contribution in [1.29, 1.82) is 0 Å². The Balaban J connectivity index is 1.43. The maximum Gasteiger partial charge on any atom is 0.416 e. The molecule has 0 spiro atoms. The number of carbonyl (C=O) groups is 2. The molecule has 9 heteroatoms. The van der Waals surface area contributed by atoms with Gasteiger partial charge in [0.1, 0.15) is 0 Å². The summed E-state index contributed by atoms with van der Waals surface area (Å²) in [6, 6.07) is 19.8. The third-order valence-corrected chi connectivity index (χ3v) is 7.10. The van der Waals surface area contributed by atoms with E-state index in [0.717, 1.165) is 29.3 Å². The summed E-state index contributed by atoms with van der Waals surface area (Å²) in [7, 11) is 1.61. The van der Waals surface area contributed by atoms with E-state index < -0.39 is 11.7 Å². The van der Waals surface area contributed by atoms with Crippen molar-refractivity contribution in [2.75, 3.05) is 36.5 Å². The maximum absolute atomic E-state index is 13.0. The lowest BCUT2D eigenvalue weighted by Crippen LogP contribution is -2.35. The molecule has 37 heavy (non-hydrogen) atoms. The molecule has 0 bridgehead atoms. The molecule has 1 aliphatic rings. The highest BCUT2D eigenvalue weighted by atomic mass is 32.2. The standard InChI is InChI=1S/C28H26F3N3O2S/c1-3-34(22-7-5-4-6-8-22)16-15-32-26(35)20-11-14-24-23(18-20)33(2)27(36)25(37-24)17-19-9-12-21(13-10-19)28(29,30)31/h4-14,17-18H,3,15-16H2,1-2H3,(H,32,35). The highest BCUT2D eigenvalue weighted by molar-refractivity contribution is 8.04. The minimum atomic E-state index is -4.42. The molecule has 0 aromatic heterocycles. The number of thioether (sulfide) groups is 1. The Bertz CT molecular complexity index is 1310. The summed E-state index contributed by atoms with van der Waals surface area (Å²) < 4.78 is 38.5. The van der Waals surface area contributed by atoms with E-state index in [-0.39, 0.29) is 11.8 Å². The van der Waals surface area contributed by atoms with Crippen molar-refractivity contribution in [2.24, 2.45) is 0 Å². The molecule has 0 radical (unpaired) electrons. The molecule has 0 fully saturated rings. The Labute approximate surface area is 218 Å². The van der Waals surface area contributed by atoms with E-state index in [1.165, 1.54) is 28.8 Å². The second-order valence-electron chi connectivity index (χ2n) is 8.45. The molecular formula is C28H26F3N3O2S. The van der Waals surface area contributed by atoms with Crippen molar-refractivity contribution in [3.8, 4) is 0 Å². The molecule has 5 nitrogen and oxygen atoms in total. The van der Waals surface area contributed by atoms with E-state index in [4.69, 9.17) is 0 Å². The van der Waals surface area contributed by atoms with Gasteiger partial charge in [-0.15, -0.1) is 0 Å². The van der Waals surface area contributed by atoms with E-state index in [0.29, 0.717) is 34.8 Å². The van der Waals surface area contributed by atoms with E-state index >= 15 is 0 Å². The van der Waals surface area contributed by atoms with Crippen LogP contribution in [-0.2, 0) is 11.0 Å². The van der Waals surface area contributed by atoms with Gasteiger partial charge < -0.3 is 15.1 Å². The molecule has 3 aromatic rings. The molecule has 1 N–H and O–H groups in total. The highest BCUT2D eigenvalue weighted by Crippen LogP contribution is 2.42. The zero-order valence-corrected chi connectivity index (χ0v) is 21.2. The number of para-hydroxylation sites is 1. The van der Waals surface area contributed by atoms with Gasteiger partial charge in [0.05, 0.1) is 16.2 Å². The van der Waals surface area contributed by atoms with Crippen LogP contribution in [0.15, 0.2) is 82.6 Å². The van der Waals surface area contributed by atoms with Gasteiger partial charge in [-0.25, -0.2) is 0 Å². The Hall–Kier alpha value is -3.72. The van der Waals surface area contributed by atoms with Gasteiger partial charge in [0.15, 0.2) is 0 Å². The Morgan fingerprint density at radius 3 is 2.41 bits per heavy atom. The van der Waals surface area contributed by atoms with Crippen LogP contribution in [0.2, 0.25) is 0 Å². The largest absolute Gasteiger partial charge is 0.416 e. The first-order chi connectivity index (χ1) is 17.7. The van der Waals surface area contributed by atoms with E-state index in [9.17, 15) is 22.8 Å².